The Balaban J connectivity index is 1.83. The van der Waals surface area contributed by atoms with Gasteiger partial charge < -0.3 is 15.0 Å². The molecule has 1 aromatic heterocycles. The quantitative estimate of drug-likeness (QED) is 0.866. The second-order valence-corrected chi connectivity index (χ2v) is 5.67. The molecule has 20 heavy (non-hydrogen) atoms. The minimum atomic E-state index is 0.545. The number of piperidine rings is 1. The monoisotopic (exact) mass is 277 g/mol. The molecule has 112 valence electrons. The summed E-state index contributed by atoms with van der Waals surface area (Å²) in [5.74, 6) is 1.44. The van der Waals surface area contributed by atoms with Gasteiger partial charge >= 0.3 is 0 Å². The largest absolute Gasteiger partial charge is 0.481 e. The van der Waals surface area contributed by atoms with Gasteiger partial charge in [0.1, 0.15) is 0 Å². The first-order chi connectivity index (χ1) is 9.72. The first kappa shape index (κ1) is 15.3. The summed E-state index contributed by atoms with van der Waals surface area (Å²) in [5.41, 5.74) is 1.23. The Morgan fingerprint density at radius 1 is 1.55 bits per heavy atom. The standard InChI is InChI=1S/C16H27N3O/c1-4-19-9-5-6-15(12-19)13(2)18-11-14-7-8-17-16(10-14)20-3/h7-8,10,13,15,18H,4-6,9,11-12H2,1-3H3. The van der Waals surface area contributed by atoms with Crippen LogP contribution < -0.4 is 10.1 Å². The van der Waals surface area contributed by atoms with Crippen molar-refractivity contribution in [3.05, 3.63) is 23.9 Å². The second kappa shape index (κ2) is 7.60. The van der Waals surface area contributed by atoms with Gasteiger partial charge in [0, 0.05) is 31.4 Å². The molecule has 1 fully saturated rings. The van der Waals surface area contributed by atoms with Gasteiger partial charge in [0.25, 0.3) is 0 Å². The zero-order chi connectivity index (χ0) is 14.4. The van der Waals surface area contributed by atoms with Crippen LogP contribution in [0, 0.1) is 5.92 Å². The highest BCUT2D eigenvalue weighted by molar-refractivity contribution is 5.20. The lowest BCUT2D eigenvalue weighted by Gasteiger charge is -2.35. The molecule has 2 heterocycles. The average Bonchev–Trinajstić information content (AvgIpc) is 2.52. The Bertz CT molecular complexity index is 410. The molecule has 1 aliphatic rings. The van der Waals surface area contributed by atoms with Gasteiger partial charge in [0.15, 0.2) is 0 Å². The number of methoxy groups -OCH3 is 1. The van der Waals surface area contributed by atoms with Crippen LogP contribution in [0.3, 0.4) is 0 Å². The van der Waals surface area contributed by atoms with Gasteiger partial charge in [-0.05, 0) is 50.4 Å². The van der Waals surface area contributed by atoms with E-state index in [9.17, 15) is 0 Å². The number of hydrogen-bond acceptors (Lipinski definition) is 4. The fourth-order valence-electron chi connectivity index (χ4n) is 2.90. The Morgan fingerprint density at radius 2 is 2.40 bits per heavy atom. The van der Waals surface area contributed by atoms with Gasteiger partial charge in [0.05, 0.1) is 7.11 Å². The molecule has 0 saturated carbocycles. The molecule has 0 aromatic carbocycles. The van der Waals surface area contributed by atoms with Crippen molar-refractivity contribution in [3.63, 3.8) is 0 Å². The van der Waals surface area contributed by atoms with E-state index in [1.54, 1.807) is 13.3 Å². The van der Waals surface area contributed by atoms with Crippen molar-refractivity contribution >= 4 is 0 Å². The highest BCUT2D eigenvalue weighted by Gasteiger charge is 2.23. The molecule has 2 unspecified atom stereocenters. The number of ether oxygens (including phenoxy) is 1. The molecule has 1 aromatic rings. The fraction of sp³-hybridized carbons (Fsp3) is 0.688. The predicted octanol–water partition coefficient (Wildman–Crippen LogP) is 2.30. The lowest BCUT2D eigenvalue weighted by molar-refractivity contribution is 0.157. The minimum absolute atomic E-state index is 0.545. The van der Waals surface area contributed by atoms with E-state index in [4.69, 9.17) is 4.74 Å². The van der Waals surface area contributed by atoms with Crippen molar-refractivity contribution in [2.45, 2.75) is 39.3 Å². The zero-order valence-corrected chi connectivity index (χ0v) is 12.9. The number of pyridine rings is 1. The molecule has 2 atom stereocenters. The smallest absolute Gasteiger partial charge is 0.213 e. The predicted molar refractivity (Wildman–Crippen MR) is 81.9 cm³/mol. The summed E-state index contributed by atoms with van der Waals surface area (Å²) in [6.45, 7) is 9.10. The van der Waals surface area contributed by atoms with Crippen LogP contribution in [0.25, 0.3) is 0 Å². The van der Waals surface area contributed by atoms with Crippen molar-refractivity contribution in [3.8, 4) is 5.88 Å². The molecule has 0 bridgehead atoms. The van der Waals surface area contributed by atoms with Gasteiger partial charge in [-0.1, -0.05) is 6.92 Å². The molecule has 0 aliphatic carbocycles. The van der Waals surface area contributed by atoms with Crippen molar-refractivity contribution < 1.29 is 4.74 Å². The third-order valence-corrected chi connectivity index (χ3v) is 4.33. The average molecular weight is 277 g/mol. The van der Waals surface area contributed by atoms with E-state index in [1.165, 1.54) is 38.0 Å². The van der Waals surface area contributed by atoms with Crippen LogP contribution in [0.15, 0.2) is 18.3 Å². The van der Waals surface area contributed by atoms with Crippen molar-refractivity contribution in [1.29, 1.82) is 0 Å². The van der Waals surface area contributed by atoms with E-state index in [2.05, 4.69) is 29.0 Å². The van der Waals surface area contributed by atoms with Crippen LogP contribution in [-0.2, 0) is 6.54 Å². The molecule has 0 spiro atoms. The molecule has 1 N–H and O–H groups in total. The van der Waals surface area contributed by atoms with Crippen LogP contribution in [0.5, 0.6) is 5.88 Å². The van der Waals surface area contributed by atoms with E-state index < -0.39 is 0 Å². The molecule has 1 aliphatic heterocycles. The summed E-state index contributed by atoms with van der Waals surface area (Å²) in [6.07, 6.45) is 4.47. The third-order valence-electron chi connectivity index (χ3n) is 4.33. The molecule has 1 saturated heterocycles. The summed E-state index contributed by atoms with van der Waals surface area (Å²) in [7, 11) is 1.66. The van der Waals surface area contributed by atoms with Gasteiger partial charge in [-0.15, -0.1) is 0 Å². The van der Waals surface area contributed by atoms with E-state index in [0.29, 0.717) is 11.9 Å². The Morgan fingerprint density at radius 3 is 3.15 bits per heavy atom. The summed E-state index contributed by atoms with van der Waals surface area (Å²) < 4.78 is 5.16. The van der Waals surface area contributed by atoms with E-state index in [-0.39, 0.29) is 0 Å². The van der Waals surface area contributed by atoms with Gasteiger partial charge in [-0.25, -0.2) is 4.98 Å². The molecule has 2 rings (SSSR count). The van der Waals surface area contributed by atoms with E-state index in [1.807, 2.05) is 12.1 Å². The van der Waals surface area contributed by atoms with Crippen LogP contribution in [0.1, 0.15) is 32.3 Å². The lowest BCUT2D eigenvalue weighted by atomic mass is 9.91. The second-order valence-electron chi connectivity index (χ2n) is 5.67. The molecule has 4 heteroatoms. The van der Waals surface area contributed by atoms with Crippen molar-refractivity contribution in [1.82, 2.24) is 15.2 Å². The van der Waals surface area contributed by atoms with Gasteiger partial charge in [-0.2, -0.15) is 0 Å². The van der Waals surface area contributed by atoms with Gasteiger partial charge in [0.2, 0.25) is 5.88 Å². The van der Waals surface area contributed by atoms with Crippen molar-refractivity contribution in [2.75, 3.05) is 26.7 Å². The van der Waals surface area contributed by atoms with E-state index in [0.717, 1.165) is 12.5 Å². The fourth-order valence-corrected chi connectivity index (χ4v) is 2.90. The molecule has 0 radical (unpaired) electrons. The maximum atomic E-state index is 5.16. The molecular formula is C16H27N3O. The summed E-state index contributed by atoms with van der Waals surface area (Å²) in [4.78, 5) is 6.70. The first-order valence-corrected chi connectivity index (χ1v) is 7.67. The number of rotatable bonds is 6. The van der Waals surface area contributed by atoms with Crippen LogP contribution in [0.4, 0.5) is 0 Å². The normalized spacial score (nSPS) is 21.6. The first-order valence-electron chi connectivity index (χ1n) is 7.67. The number of nitrogens with zero attached hydrogens (tertiary/aromatic N) is 2. The Hall–Kier alpha value is -1.13. The lowest BCUT2D eigenvalue weighted by Crippen LogP contribution is -2.44. The number of hydrogen-bond donors (Lipinski definition) is 1. The number of likely N-dealkylation sites (tertiary alicyclic amines) is 1. The summed E-state index contributed by atoms with van der Waals surface area (Å²) in [6, 6.07) is 4.59. The van der Waals surface area contributed by atoms with Gasteiger partial charge in [-0.3, -0.25) is 0 Å². The van der Waals surface area contributed by atoms with Crippen LogP contribution in [0.2, 0.25) is 0 Å². The van der Waals surface area contributed by atoms with E-state index >= 15 is 0 Å². The Labute approximate surface area is 122 Å². The highest BCUT2D eigenvalue weighted by atomic mass is 16.5. The van der Waals surface area contributed by atoms with Crippen LogP contribution >= 0.6 is 0 Å². The minimum Gasteiger partial charge on any atom is -0.481 e. The summed E-state index contributed by atoms with van der Waals surface area (Å²) in [5, 5.41) is 3.65. The molecular weight excluding hydrogens is 250 g/mol. The number of nitrogens with one attached hydrogen (secondary N) is 1. The molecule has 0 amide bonds. The topological polar surface area (TPSA) is 37.4 Å². The number of aromatic nitrogens is 1. The van der Waals surface area contributed by atoms with Crippen molar-refractivity contribution in [2.24, 2.45) is 5.92 Å². The highest BCUT2D eigenvalue weighted by Crippen LogP contribution is 2.20. The zero-order valence-electron chi connectivity index (χ0n) is 12.9. The van der Waals surface area contributed by atoms with Crippen LogP contribution in [-0.4, -0.2) is 42.7 Å². The molecule has 4 nitrogen and oxygen atoms in total. The maximum Gasteiger partial charge on any atom is 0.213 e. The Kier molecular flexibility index (Phi) is 5.80. The SMILES string of the molecule is CCN1CCCC(C(C)NCc2ccnc(OC)c2)C1. The maximum absolute atomic E-state index is 5.16. The summed E-state index contributed by atoms with van der Waals surface area (Å²) >= 11 is 0. The third kappa shape index (κ3) is 4.18.